The van der Waals surface area contributed by atoms with Gasteiger partial charge in [0.15, 0.2) is 23.0 Å². The molecule has 0 unspecified atom stereocenters. The Kier molecular flexibility index (Phi) is 13.3. The monoisotopic (exact) mass is 734 g/mol. The van der Waals surface area contributed by atoms with Gasteiger partial charge >= 0.3 is 35.8 Å². The van der Waals surface area contributed by atoms with E-state index in [2.05, 4.69) is 39.5 Å². The van der Waals surface area contributed by atoms with Crippen LogP contribution < -0.4 is 28.4 Å². The maximum Gasteiger partial charge on any atom is 0.338 e. The molecule has 0 saturated carbocycles. The molecule has 0 atom stereocenters. The molecule has 0 radical (unpaired) electrons. The molecule has 278 valence electrons. The Labute approximate surface area is 312 Å². The van der Waals surface area contributed by atoms with Crippen molar-refractivity contribution in [1.82, 2.24) is 0 Å². The first-order chi connectivity index (χ1) is 25.2. The van der Waals surface area contributed by atoms with Crippen molar-refractivity contribution in [3.63, 3.8) is 0 Å². The lowest BCUT2D eigenvalue weighted by Crippen LogP contribution is -2.14. The number of benzene rings is 3. The first-order valence-corrected chi connectivity index (χ1v) is 15.9. The van der Waals surface area contributed by atoms with Crippen LogP contribution >= 0.6 is 0 Å². The zero-order valence-corrected chi connectivity index (χ0v) is 30.8. The first-order valence-electron chi connectivity index (χ1n) is 15.9. The lowest BCUT2D eigenvalue weighted by molar-refractivity contribution is -0.132. The molecule has 0 saturated heterocycles. The Hall–Kier alpha value is -7.08. The van der Waals surface area contributed by atoms with E-state index < -0.39 is 35.8 Å². The molecule has 12 nitrogen and oxygen atoms in total. The van der Waals surface area contributed by atoms with Crippen molar-refractivity contribution in [2.75, 3.05) is 0 Å². The summed E-state index contributed by atoms with van der Waals surface area (Å²) in [5, 5.41) is 0. The van der Waals surface area contributed by atoms with Gasteiger partial charge in [0.1, 0.15) is 11.5 Å². The van der Waals surface area contributed by atoms with Crippen molar-refractivity contribution in [1.29, 1.82) is 0 Å². The van der Waals surface area contributed by atoms with Gasteiger partial charge in [-0.3, -0.25) is 0 Å². The zero-order chi connectivity index (χ0) is 40.6. The van der Waals surface area contributed by atoms with E-state index >= 15 is 0 Å². The van der Waals surface area contributed by atoms with Gasteiger partial charge in [-0.15, -0.1) is 0 Å². The Bertz CT molecular complexity index is 2150. The topological polar surface area (TPSA) is 158 Å². The molecule has 0 aromatic heterocycles. The summed E-state index contributed by atoms with van der Waals surface area (Å²) in [6.45, 7) is 30.1. The number of carbonyl (C=O) groups is 6. The standard InChI is InChI=1S/C42H38O12/c1-21(2)37(43)49-30-15-13-27(17-32(30)51-39(45)23(5)6)29-19-34(53-41(47)25(9)10)36(35(20-29)54-42(48)26(11)12)28-14-16-31(50-38(44)22(3)4)33(18-28)52-40(46)24(7)8/h13-20H,1,3,5,7,9,11H2,2,4,6,8,10,12H3. The molecule has 54 heavy (non-hydrogen) atoms. The summed E-state index contributed by atoms with van der Waals surface area (Å²) in [4.78, 5) is 76.1. The van der Waals surface area contributed by atoms with Crippen LogP contribution in [0.3, 0.4) is 0 Å². The highest BCUT2D eigenvalue weighted by Gasteiger charge is 2.25. The smallest absolute Gasteiger partial charge is 0.338 e. The molecule has 0 aliphatic carbocycles. The highest BCUT2D eigenvalue weighted by molar-refractivity contribution is 5.96. The van der Waals surface area contributed by atoms with E-state index in [0.29, 0.717) is 5.56 Å². The highest BCUT2D eigenvalue weighted by Crippen LogP contribution is 2.46. The molecule has 3 aromatic carbocycles. The van der Waals surface area contributed by atoms with Crippen LogP contribution in [0, 0.1) is 0 Å². The molecule has 0 aliphatic heterocycles. The predicted octanol–water partition coefficient (Wildman–Crippen LogP) is 7.91. The molecule has 12 heteroatoms. The van der Waals surface area contributed by atoms with Gasteiger partial charge in [0.2, 0.25) is 0 Å². The molecule has 0 heterocycles. The van der Waals surface area contributed by atoms with Gasteiger partial charge in [-0.2, -0.15) is 0 Å². The van der Waals surface area contributed by atoms with Crippen LogP contribution in [0.1, 0.15) is 41.5 Å². The SMILES string of the molecule is C=C(C)C(=O)Oc1ccc(-c2cc(OC(=O)C(=C)C)c(-c3ccc(OC(=O)C(=C)C)c(OC(=O)C(=C)C)c3)c(OC(=O)C(=C)C)c2)cc1OC(=O)C(=C)C. The molecule has 0 N–H and O–H groups in total. The van der Waals surface area contributed by atoms with E-state index in [0.717, 1.165) is 0 Å². The molecule has 3 rings (SSSR count). The van der Waals surface area contributed by atoms with Crippen molar-refractivity contribution in [2.45, 2.75) is 41.5 Å². The lowest BCUT2D eigenvalue weighted by atomic mass is 9.97. The van der Waals surface area contributed by atoms with Gasteiger partial charge in [0.05, 0.1) is 5.56 Å². The summed E-state index contributed by atoms with van der Waals surface area (Å²) in [5.41, 5.74) is 0.988. The average molecular weight is 735 g/mol. The normalized spacial score (nSPS) is 10.2. The molecular weight excluding hydrogens is 696 g/mol. The molecule has 0 aliphatic rings. The second-order valence-electron chi connectivity index (χ2n) is 12.2. The van der Waals surface area contributed by atoms with Crippen LogP contribution in [-0.4, -0.2) is 35.8 Å². The van der Waals surface area contributed by atoms with E-state index in [-0.39, 0.29) is 84.6 Å². The molecule has 0 bridgehead atoms. The summed E-state index contributed by atoms with van der Waals surface area (Å²) < 4.78 is 33.3. The Morgan fingerprint density at radius 2 is 0.574 bits per heavy atom. The van der Waals surface area contributed by atoms with E-state index in [9.17, 15) is 28.8 Å². The van der Waals surface area contributed by atoms with Crippen LogP contribution in [0.25, 0.3) is 22.3 Å². The summed E-state index contributed by atoms with van der Waals surface area (Å²) >= 11 is 0. The number of hydrogen-bond donors (Lipinski definition) is 0. The van der Waals surface area contributed by atoms with Crippen molar-refractivity contribution in [3.8, 4) is 56.8 Å². The van der Waals surface area contributed by atoms with Crippen molar-refractivity contribution in [3.05, 3.63) is 121 Å². The number of carbonyl (C=O) groups excluding carboxylic acids is 6. The second-order valence-corrected chi connectivity index (χ2v) is 12.2. The minimum absolute atomic E-state index is 0.00861. The summed E-state index contributed by atoms with van der Waals surface area (Å²) in [6.07, 6.45) is 0. The van der Waals surface area contributed by atoms with E-state index in [1.54, 1.807) is 0 Å². The average Bonchev–Trinajstić information content (AvgIpc) is 3.09. The van der Waals surface area contributed by atoms with Crippen molar-refractivity contribution in [2.24, 2.45) is 0 Å². The van der Waals surface area contributed by atoms with E-state index in [4.69, 9.17) is 28.4 Å². The zero-order valence-electron chi connectivity index (χ0n) is 30.8. The molecule has 0 spiro atoms. The van der Waals surface area contributed by atoms with Gasteiger partial charge in [-0.05, 0) is 94.6 Å². The maximum absolute atomic E-state index is 13.0. The highest BCUT2D eigenvalue weighted by atomic mass is 16.6. The fourth-order valence-corrected chi connectivity index (χ4v) is 4.00. The minimum atomic E-state index is -0.857. The van der Waals surface area contributed by atoms with Crippen LogP contribution in [0.5, 0.6) is 34.5 Å². The van der Waals surface area contributed by atoms with Gasteiger partial charge in [-0.25, -0.2) is 28.8 Å². The van der Waals surface area contributed by atoms with Crippen LogP contribution in [0.15, 0.2) is 121 Å². The number of esters is 6. The number of ether oxygens (including phenoxy) is 6. The Morgan fingerprint density at radius 3 is 0.889 bits per heavy atom. The van der Waals surface area contributed by atoms with Crippen LogP contribution in [-0.2, 0) is 28.8 Å². The predicted molar refractivity (Wildman–Crippen MR) is 200 cm³/mol. The molecule has 0 fully saturated rings. The summed E-state index contributed by atoms with van der Waals surface area (Å²) in [7, 11) is 0. The van der Waals surface area contributed by atoms with E-state index in [1.165, 1.54) is 90.1 Å². The van der Waals surface area contributed by atoms with Gasteiger partial charge < -0.3 is 28.4 Å². The third-order valence-electron chi connectivity index (χ3n) is 6.88. The molecule has 3 aromatic rings. The number of hydrogen-bond acceptors (Lipinski definition) is 12. The van der Waals surface area contributed by atoms with Crippen molar-refractivity contribution >= 4 is 35.8 Å². The first kappa shape index (κ1) is 41.3. The van der Waals surface area contributed by atoms with Gasteiger partial charge in [-0.1, -0.05) is 51.6 Å². The van der Waals surface area contributed by atoms with E-state index in [1.807, 2.05) is 0 Å². The van der Waals surface area contributed by atoms with Crippen LogP contribution in [0.4, 0.5) is 0 Å². The maximum atomic E-state index is 13.0. The quantitative estimate of drug-likeness (QED) is 0.0897. The number of rotatable bonds is 14. The van der Waals surface area contributed by atoms with Gasteiger partial charge in [0.25, 0.3) is 0 Å². The third-order valence-corrected chi connectivity index (χ3v) is 6.88. The van der Waals surface area contributed by atoms with Crippen molar-refractivity contribution < 1.29 is 57.2 Å². The van der Waals surface area contributed by atoms with Gasteiger partial charge in [0, 0.05) is 33.4 Å². The Morgan fingerprint density at radius 1 is 0.333 bits per heavy atom. The fraction of sp³-hybridized carbons (Fsp3) is 0.143. The largest absolute Gasteiger partial charge is 0.422 e. The molecule has 0 amide bonds. The summed E-state index contributed by atoms with van der Waals surface area (Å²) in [6, 6.07) is 11.1. The fourth-order valence-electron chi connectivity index (χ4n) is 4.00. The second kappa shape index (κ2) is 17.4. The Balaban J connectivity index is 2.43. The lowest BCUT2D eigenvalue weighted by Gasteiger charge is -2.19. The summed E-state index contributed by atoms with van der Waals surface area (Å²) in [5.74, 6) is -6.01. The third kappa shape index (κ3) is 10.5. The van der Waals surface area contributed by atoms with Crippen LogP contribution in [0.2, 0.25) is 0 Å². The molecular formula is C42H38O12. The minimum Gasteiger partial charge on any atom is -0.422 e.